The fraction of sp³-hybridized carbons (Fsp3) is 0.500. The Kier molecular flexibility index (Phi) is 8.79. The lowest BCUT2D eigenvalue weighted by Gasteiger charge is -2.43. The molecule has 1 heterocycles. The van der Waals surface area contributed by atoms with Crippen LogP contribution < -0.4 is 0 Å². The topological polar surface area (TPSA) is 137 Å². The van der Waals surface area contributed by atoms with Gasteiger partial charge in [-0.1, -0.05) is 34.5 Å². The maximum Gasteiger partial charge on any atom is 0.303 e. The molecule has 0 spiro atoms. The number of hydrogen-bond acceptors (Lipinski definition) is 9. The summed E-state index contributed by atoms with van der Waals surface area (Å²) in [5.74, 6) is -1.88. The van der Waals surface area contributed by atoms with Gasteiger partial charge in [0.25, 0.3) is 0 Å². The summed E-state index contributed by atoms with van der Waals surface area (Å²) >= 11 is 7.20. The Morgan fingerprint density at radius 2 is 1.83 bits per heavy atom. The average Bonchev–Trinajstić information content (AvgIpc) is 2.64. The molecule has 0 aromatic heterocycles. The summed E-state index contributed by atoms with van der Waals surface area (Å²) in [6.07, 6.45) is -3.18. The van der Waals surface area contributed by atoms with Crippen LogP contribution in [0.4, 0.5) is 0 Å². The maximum atomic E-state index is 11.7. The molecule has 0 N–H and O–H groups in total. The van der Waals surface area contributed by atoms with Crippen LogP contribution in [0.2, 0.25) is 5.02 Å². The molecule has 0 amide bonds. The van der Waals surface area contributed by atoms with Crippen molar-refractivity contribution in [1.82, 2.24) is 0 Å². The van der Waals surface area contributed by atoms with E-state index in [1.807, 2.05) is 0 Å². The van der Waals surface area contributed by atoms with Gasteiger partial charge in [-0.05, 0) is 23.7 Å². The Morgan fingerprint density at radius 1 is 1.17 bits per heavy atom. The fourth-order valence-corrected chi connectivity index (χ4v) is 4.27. The van der Waals surface area contributed by atoms with E-state index in [-0.39, 0.29) is 6.61 Å². The molecule has 12 heteroatoms. The van der Waals surface area contributed by atoms with E-state index in [4.69, 9.17) is 36.1 Å². The standard InChI is InChI=1S/C18H20ClN3O7S/c1-9(23)26-8-14-16(27-10(2)24)15(21-22-20)17(28-11(3)25)18(29-14)30-13-6-4-5-12(19)7-13/h4-7,14-18H,8H2,1-3H3/t14?,15?,16-,17?,18+/m0/s1. The molecule has 1 fully saturated rings. The summed E-state index contributed by atoms with van der Waals surface area (Å²) in [4.78, 5) is 38.1. The van der Waals surface area contributed by atoms with Gasteiger partial charge in [0.1, 0.15) is 36.4 Å². The highest BCUT2D eigenvalue weighted by atomic mass is 35.5. The summed E-state index contributed by atoms with van der Waals surface area (Å²) in [5.41, 5.74) is 8.20. The number of carbonyl (C=O) groups is 3. The molecule has 5 atom stereocenters. The van der Waals surface area contributed by atoms with Crippen LogP contribution in [0.3, 0.4) is 0 Å². The number of halogens is 1. The normalized spacial score (nSPS) is 25.5. The van der Waals surface area contributed by atoms with Gasteiger partial charge in [0.2, 0.25) is 0 Å². The number of ether oxygens (including phenoxy) is 4. The Bertz CT molecular complexity index is 849. The number of benzene rings is 1. The Hall–Kier alpha value is -2.46. The second-order valence-electron chi connectivity index (χ2n) is 6.26. The first-order valence-corrected chi connectivity index (χ1v) is 10.1. The zero-order valence-electron chi connectivity index (χ0n) is 16.4. The average molecular weight is 458 g/mol. The van der Waals surface area contributed by atoms with Crippen LogP contribution >= 0.6 is 23.4 Å². The highest BCUT2D eigenvalue weighted by Gasteiger charge is 2.50. The van der Waals surface area contributed by atoms with Crippen molar-refractivity contribution in [2.24, 2.45) is 5.11 Å². The van der Waals surface area contributed by atoms with Crippen LogP contribution in [0, 0.1) is 0 Å². The molecule has 0 radical (unpaired) electrons. The first-order valence-electron chi connectivity index (χ1n) is 8.81. The number of esters is 3. The fourth-order valence-electron chi connectivity index (χ4n) is 2.84. The Balaban J connectivity index is 2.43. The van der Waals surface area contributed by atoms with Gasteiger partial charge in [-0.3, -0.25) is 14.4 Å². The first kappa shape index (κ1) is 23.8. The summed E-state index contributed by atoms with van der Waals surface area (Å²) in [6, 6.07) is 5.76. The van der Waals surface area contributed by atoms with Crippen LogP contribution in [0.25, 0.3) is 10.4 Å². The zero-order valence-corrected chi connectivity index (χ0v) is 18.0. The molecule has 3 unspecified atom stereocenters. The zero-order chi connectivity index (χ0) is 22.3. The number of thioether (sulfide) groups is 1. The quantitative estimate of drug-likeness (QED) is 0.200. The predicted molar refractivity (Wildman–Crippen MR) is 107 cm³/mol. The van der Waals surface area contributed by atoms with E-state index < -0.39 is 47.7 Å². The van der Waals surface area contributed by atoms with Crippen LogP contribution in [0.5, 0.6) is 0 Å². The Morgan fingerprint density at radius 3 is 2.40 bits per heavy atom. The molecule has 10 nitrogen and oxygen atoms in total. The number of rotatable bonds is 7. The lowest BCUT2D eigenvalue weighted by atomic mass is 9.97. The molecule has 30 heavy (non-hydrogen) atoms. The van der Waals surface area contributed by atoms with Gasteiger partial charge >= 0.3 is 17.9 Å². The molecule has 2 rings (SSSR count). The van der Waals surface area contributed by atoms with E-state index in [0.29, 0.717) is 9.92 Å². The van der Waals surface area contributed by atoms with E-state index in [2.05, 4.69) is 10.0 Å². The predicted octanol–water partition coefficient (Wildman–Crippen LogP) is 3.26. The van der Waals surface area contributed by atoms with E-state index in [1.54, 1.807) is 24.3 Å². The van der Waals surface area contributed by atoms with Gasteiger partial charge in [0.15, 0.2) is 0 Å². The van der Waals surface area contributed by atoms with Gasteiger partial charge in [-0.15, -0.1) is 0 Å². The number of hydrogen-bond donors (Lipinski definition) is 0. The minimum absolute atomic E-state index is 0.260. The molecular weight excluding hydrogens is 438 g/mol. The largest absolute Gasteiger partial charge is 0.463 e. The third kappa shape index (κ3) is 6.81. The maximum absolute atomic E-state index is 11.7. The molecule has 0 bridgehead atoms. The molecule has 1 aromatic rings. The first-order chi connectivity index (χ1) is 14.2. The second-order valence-corrected chi connectivity index (χ2v) is 7.87. The lowest BCUT2D eigenvalue weighted by molar-refractivity contribution is -0.201. The number of nitrogens with zero attached hydrogens (tertiary/aromatic N) is 3. The highest BCUT2D eigenvalue weighted by Crippen LogP contribution is 2.38. The van der Waals surface area contributed by atoms with Crippen molar-refractivity contribution in [1.29, 1.82) is 0 Å². The van der Waals surface area contributed by atoms with Crippen molar-refractivity contribution in [3.05, 3.63) is 39.7 Å². The second kappa shape index (κ2) is 11.1. The van der Waals surface area contributed by atoms with E-state index in [1.165, 1.54) is 32.5 Å². The molecule has 1 aliphatic heterocycles. The van der Waals surface area contributed by atoms with Gasteiger partial charge in [-0.2, -0.15) is 0 Å². The van der Waals surface area contributed by atoms with Crippen LogP contribution in [0.1, 0.15) is 20.8 Å². The number of carbonyl (C=O) groups excluding carboxylic acids is 3. The van der Waals surface area contributed by atoms with Crippen molar-refractivity contribution in [3.8, 4) is 0 Å². The van der Waals surface area contributed by atoms with E-state index >= 15 is 0 Å². The van der Waals surface area contributed by atoms with Crippen molar-refractivity contribution in [3.63, 3.8) is 0 Å². The van der Waals surface area contributed by atoms with Crippen molar-refractivity contribution >= 4 is 41.3 Å². The van der Waals surface area contributed by atoms with Crippen LogP contribution in [0.15, 0.2) is 34.3 Å². The summed E-state index contributed by atoms with van der Waals surface area (Å²) in [5, 5.41) is 4.19. The lowest BCUT2D eigenvalue weighted by Crippen LogP contribution is -2.59. The molecule has 162 valence electrons. The molecule has 0 aliphatic carbocycles. The molecule has 0 saturated carbocycles. The monoisotopic (exact) mass is 457 g/mol. The molecular formula is C18H20ClN3O7S. The Labute approximate surface area is 181 Å². The van der Waals surface area contributed by atoms with Crippen LogP contribution in [-0.2, 0) is 33.3 Å². The molecule has 1 aromatic carbocycles. The summed E-state index contributed by atoms with van der Waals surface area (Å²) < 4.78 is 21.7. The van der Waals surface area contributed by atoms with Crippen LogP contribution in [-0.4, -0.2) is 54.3 Å². The highest BCUT2D eigenvalue weighted by molar-refractivity contribution is 7.99. The van der Waals surface area contributed by atoms with Gasteiger partial charge < -0.3 is 18.9 Å². The SMILES string of the molecule is CC(=O)OCC1O[C@H](Sc2cccc(Cl)c2)C(OC(C)=O)C(N=[N+]=[N-])[C@H]1OC(C)=O. The molecule has 1 aliphatic rings. The third-order valence-electron chi connectivity index (χ3n) is 3.91. The van der Waals surface area contributed by atoms with Gasteiger partial charge in [0.05, 0.1) is 0 Å². The smallest absolute Gasteiger partial charge is 0.303 e. The minimum Gasteiger partial charge on any atom is -0.463 e. The van der Waals surface area contributed by atoms with E-state index in [9.17, 15) is 14.4 Å². The molecule has 1 saturated heterocycles. The minimum atomic E-state index is -1.14. The number of azide groups is 1. The van der Waals surface area contributed by atoms with Crippen molar-refractivity contribution < 1.29 is 33.3 Å². The third-order valence-corrected chi connectivity index (χ3v) is 5.28. The van der Waals surface area contributed by atoms with Gasteiger partial charge in [0, 0.05) is 35.6 Å². The summed E-state index contributed by atoms with van der Waals surface area (Å²) in [7, 11) is 0. The van der Waals surface area contributed by atoms with Crippen molar-refractivity contribution in [2.75, 3.05) is 6.61 Å². The summed E-state index contributed by atoms with van der Waals surface area (Å²) in [6.45, 7) is 3.32. The van der Waals surface area contributed by atoms with Crippen molar-refractivity contribution in [2.45, 2.75) is 55.5 Å². The van der Waals surface area contributed by atoms with Gasteiger partial charge in [-0.25, -0.2) is 0 Å². The van der Waals surface area contributed by atoms with E-state index in [0.717, 1.165) is 0 Å².